The third-order valence-electron chi connectivity index (χ3n) is 1.82. The fraction of sp³-hybridized carbons (Fsp3) is 0.111. The molecule has 0 radical (unpaired) electrons. The molecular weight excluding hydrogens is 248 g/mol. The molecule has 0 aliphatic carbocycles. The lowest BCUT2D eigenvalue weighted by atomic mass is 10.4. The monoisotopic (exact) mass is 254 g/mol. The van der Waals surface area contributed by atoms with Crippen LogP contribution in [0.2, 0.25) is 5.28 Å². The Bertz CT molecular complexity index is 528. The van der Waals surface area contributed by atoms with E-state index in [4.69, 9.17) is 11.6 Å². The van der Waals surface area contributed by atoms with E-state index in [2.05, 4.69) is 20.3 Å². The Kier molecular flexibility index (Phi) is 3.12. The first-order valence-electron chi connectivity index (χ1n) is 4.37. The summed E-state index contributed by atoms with van der Waals surface area (Å²) in [4.78, 5) is 23.9. The lowest BCUT2D eigenvalue weighted by molar-refractivity contribution is 0.102. The standard InChI is InChI=1S/C9H7ClN4OS/c1-5-7(16-4-12-5)8(15)13-6-2-3-11-9(10)14-6/h2-4H,1H3,(H,11,13,14,15). The van der Waals surface area contributed by atoms with Gasteiger partial charge in [-0.3, -0.25) is 4.79 Å². The second-order valence-corrected chi connectivity index (χ2v) is 4.12. The van der Waals surface area contributed by atoms with Crippen LogP contribution < -0.4 is 5.32 Å². The molecule has 2 heterocycles. The fourth-order valence-electron chi connectivity index (χ4n) is 1.10. The average molecular weight is 255 g/mol. The van der Waals surface area contributed by atoms with E-state index in [1.54, 1.807) is 18.5 Å². The van der Waals surface area contributed by atoms with Gasteiger partial charge in [-0.25, -0.2) is 15.0 Å². The van der Waals surface area contributed by atoms with Crippen LogP contribution in [0.5, 0.6) is 0 Å². The quantitative estimate of drug-likeness (QED) is 0.834. The zero-order valence-electron chi connectivity index (χ0n) is 8.27. The summed E-state index contributed by atoms with van der Waals surface area (Å²) in [5.74, 6) is 0.132. The smallest absolute Gasteiger partial charge is 0.268 e. The maximum Gasteiger partial charge on any atom is 0.268 e. The minimum atomic E-state index is -0.241. The van der Waals surface area contributed by atoms with Crippen LogP contribution in [-0.2, 0) is 0 Å². The Balaban J connectivity index is 2.17. The van der Waals surface area contributed by atoms with Crippen molar-refractivity contribution in [2.45, 2.75) is 6.92 Å². The van der Waals surface area contributed by atoms with Gasteiger partial charge in [-0.05, 0) is 24.6 Å². The molecule has 1 N–H and O–H groups in total. The number of nitrogens with zero attached hydrogens (tertiary/aromatic N) is 3. The summed E-state index contributed by atoms with van der Waals surface area (Å²) in [5, 5.41) is 2.72. The summed E-state index contributed by atoms with van der Waals surface area (Å²) in [6, 6.07) is 1.57. The van der Waals surface area contributed by atoms with Crippen LogP contribution in [0.25, 0.3) is 0 Å². The van der Waals surface area contributed by atoms with Gasteiger partial charge in [-0.15, -0.1) is 11.3 Å². The number of nitrogens with one attached hydrogen (secondary N) is 1. The predicted molar refractivity (Wildman–Crippen MR) is 61.8 cm³/mol. The molecule has 0 saturated carbocycles. The third-order valence-corrected chi connectivity index (χ3v) is 2.93. The zero-order valence-corrected chi connectivity index (χ0v) is 9.84. The van der Waals surface area contributed by atoms with Crippen LogP contribution in [0.4, 0.5) is 5.82 Å². The van der Waals surface area contributed by atoms with Gasteiger partial charge in [0.25, 0.3) is 5.91 Å². The maximum absolute atomic E-state index is 11.8. The number of aryl methyl sites for hydroxylation is 1. The molecule has 2 rings (SSSR count). The molecule has 82 valence electrons. The molecule has 0 aromatic carbocycles. The first kappa shape index (κ1) is 11.0. The normalized spacial score (nSPS) is 10.1. The van der Waals surface area contributed by atoms with Crippen LogP contribution in [-0.4, -0.2) is 20.9 Å². The predicted octanol–water partition coefficient (Wildman–Crippen LogP) is 2.15. The molecule has 0 spiro atoms. The molecule has 0 unspecified atom stereocenters. The Hall–Kier alpha value is -1.53. The van der Waals surface area contributed by atoms with E-state index in [1.807, 2.05) is 0 Å². The number of hydrogen-bond acceptors (Lipinski definition) is 5. The molecule has 0 aliphatic rings. The number of thiazole rings is 1. The van der Waals surface area contributed by atoms with E-state index >= 15 is 0 Å². The second kappa shape index (κ2) is 4.54. The van der Waals surface area contributed by atoms with E-state index in [0.717, 1.165) is 0 Å². The van der Waals surface area contributed by atoms with Gasteiger partial charge >= 0.3 is 0 Å². The lowest BCUT2D eigenvalue weighted by Crippen LogP contribution is -2.12. The lowest BCUT2D eigenvalue weighted by Gasteiger charge is -2.02. The van der Waals surface area contributed by atoms with E-state index in [0.29, 0.717) is 16.4 Å². The van der Waals surface area contributed by atoms with Gasteiger partial charge in [-0.1, -0.05) is 0 Å². The number of hydrogen-bond donors (Lipinski definition) is 1. The van der Waals surface area contributed by atoms with Gasteiger partial charge in [0.1, 0.15) is 10.7 Å². The van der Waals surface area contributed by atoms with Crippen LogP contribution in [0.3, 0.4) is 0 Å². The summed E-state index contributed by atoms with van der Waals surface area (Å²) in [6.45, 7) is 1.78. The Labute approximate surface area is 101 Å². The van der Waals surface area contributed by atoms with Crippen LogP contribution in [0.15, 0.2) is 17.8 Å². The van der Waals surface area contributed by atoms with Gasteiger partial charge in [-0.2, -0.15) is 0 Å². The molecular formula is C9H7ClN4OS. The van der Waals surface area contributed by atoms with Gasteiger partial charge in [0.05, 0.1) is 11.2 Å². The van der Waals surface area contributed by atoms with Crippen molar-refractivity contribution in [3.05, 3.63) is 33.6 Å². The van der Waals surface area contributed by atoms with Crippen molar-refractivity contribution in [1.29, 1.82) is 0 Å². The van der Waals surface area contributed by atoms with E-state index in [-0.39, 0.29) is 11.2 Å². The summed E-state index contributed by atoms with van der Waals surface area (Å²) in [6.07, 6.45) is 1.48. The number of aromatic nitrogens is 3. The Morgan fingerprint density at radius 1 is 1.50 bits per heavy atom. The van der Waals surface area contributed by atoms with Gasteiger partial charge < -0.3 is 5.32 Å². The third kappa shape index (κ3) is 2.34. The van der Waals surface area contributed by atoms with Gasteiger partial charge in [0.2, 0.25) is 5.28 Å². The van der Waals surface area contributed by atoms with Crippen molar-refractivity contribution < 1.29 is 4.79 Å². The second-order valence-electron chi connectivity index (χ2n) is 2.93. The van der Waals surface area contributed by atoms with Crippen LogP contribution >= 0.6 is 22.9 Å². The molecule has 5 nitrogen and oxygen atoms in total. The fourth-order valence-corrected chi connectivity index (χ4v) is 1.94. The molecule has 1 amide bonds. The number of carbonyl (C=O) groups is 1. The van der Waals surface area contributed by atoms with Crippen LogP contribution in [0, 0.1) is 6.92 Å². The number of amides is 1. The van der Waals surface area contributed by atoms with E-state index in [9.17, 15) is 4.79 Å². The SMILES string of the molecule is Cc1ncsc1C(=O)Nc1ccnc(Cl)n1. The highest BCUT2D eigenvalue weighted by atomic mass is 35.5. The molecule has 0 aliphatic heterocycles. The first-order chi connectivity index (χ1) is 7.66. The van der Waals surface area contributed by atoms with Crippen molar-refractivity contribution in [3.8, 4) is 0 Å². The Morgan fingerprint density at radius 3 is 2.94 bits per heavy atom. The molecule has 2 aromatic heterocycles. The molecule has 0 bridgehead atoms. The highest BCUT2D eigenvalue weighted by Crippen LogP contribution is 2.14. The first-order valence-corrected chi connectivity index (χ1v) is 5.62. The Morgan fingerprint density at radius 2 is 2.31 bits per heavy atom. The van der Waals surface area contributed by atoms with Gasteiger partial charge in [0, 0.05) is 6.20 Å². The summed E-state index contributed by atoms with van der Waals surface area (Å²) >= 11 is 6.88. The molecule has 2 aromatic rings. The summed E-state index contributed by atoms with van der Waals surface area (Å²) < 4.78 is 0. The summed E-state index contributed by atoms with van der Waals surface area (Å²) in [5.41, 5.74) is 2.32. The molecule has 0 atom stereocenters. The van der Waals surface area contributed by atoms with Crippen molar-refractivity contribution >= 4 is 34.7 Å². The van der Waals surface area contributed by atoms with Gasteiger partial charge in [0.15, 0.2) is 0 Å². The van der Waals surface area contributed by atoms with E-state index in [1.165, 1.54) is 17.5 Å². The minimum Gasteiger partial charge on any atom is -0.306 e. The summed E-state index contributed by atoms with van der Waals surface area (Å²) in [7, 11) is 0. The average Bonchev–Trinajstić information content (AvgIpc) is 2.64. The number of rotatable bonds is 2. The zero-order chi connectivity index (χ0) is 11.5. The van der Waals surface area contributed by atoms with E-state index < -0.39 is 0 Å². The van der Waals surface area contributed by atoms with Crippen molar-refractivity contribution in [1.82, 2.24) is 15.0 Å². The number of halogens is 1. The largest absolute Gasteiger partial charge is 0.306 e. The highest BCUT2D eigenvalue weighted by Gasteiger charge is 2.12. The topological polar surface area (TPSA) is 67.8 Å². The molecule has 0 fully saturated rings. The van der Waals surface area contributed by atoms with Crippen molar-refractivity contribution in [3.63, 3.8) is 0 Å². The molecule has 16 heavy (non-hydrogen) atoms. The highest BCUT2D eigenvalue weighted by molar-refractivity contribution is 7.12. The van der Waals surface area contributed by atoms with Crippen LogP contribution in [0.1, 0.15) is 15.4 Å². The molecule has 0 saturated heterocycles. The van der Waals surface area contributed by atoms with Crippen molar-refractivity contribution in [2.75, 3.05) is 5.32 Å². The maximum atomic E-state index is 11.8. The van der Waals surface area contributed by atoms with Crippen molar-refractivity contribution in [2.24, 2.45) is 0 Å². The number of anilines is 1. The number of carbonyl (C=O) groups excluding carboxylic acids is 1. The molecule has 7 heteroatoms. The minimum absolute atomic E-state index is 0.0961.